The summed E-state index contributed by atoms with van der Waals surface area (Å²) in [5.41, 5.74) is 9.63. The molecule has 2 aromatic heterocycles. The fourth-order valence-electron chi connectivity index (χ4n) is 5.57. The number of aromatic nitrogens is 3. The molecule has 1 atom stereocenters. The van der Waals surface area contributed by atoms with E-state index in [0.717, 1.165) is 39.1 Å². The molecule has 0 fully saturated rings. The van der Waals surface area contributed by atoms with Crippen molar-refractivity contribution in [3.8, 4) is 45.2 Å². The van der Waals surface area contributed by atoms with Gasteiger partial charge in [0.15, 0.2) is 0 Å². The molecule has 0 aliphatic heterocycles. The van der Waals surface area contributed by atoms with Crippen LogP contribution in [0.5, 0.6) is 5.75 Å². The van der Waals surface area contributed by atoms with Gasteiger partial charge >= 0.3 is 0 Å². The summed E-state index contributed by atoms with van der Waals surface area (Å²) in [6.07, 6.45) is 1.88. The molecular formula is C38H28N3OPt-. The molecule has 1 unspecified atom stereocenters. The van der Waals surface area contributed by atoms with Crippen molar-refractivity contribution >= 4 is 11.0 Å². The third-order valence-electron chi connectivity index (χ3n) is 7.79. The average molecular weight is 738 g/mol. The van der Waals surface area contributed by atoms with Crippen molar-refractivity contribution in [3.63, 3.8) is 0 Å². The summed E-state index contributed by atoms with van der Waals surface area (Å²) in [5, 5.41) is 10.8. The number of rotatable bonds is 6. The van der Waals surface area contributed by atoms with E-state index >= 15 is 0 Å². The van der Waals surface area contributed by atoms with E-state index < -0.39 is 0 Å². The Hall–Kier alpha value is -4.79. The number of benzene rings is 5. The van der Waals surface area contributed by atoms with E-state index in [1.807, 2.05) is 60.8 Å². The Morgan fingerprint density at radius 1 is 0.674 bits per heavy atom. The fraction of sp³-hybridized carbons (Fsp3) is 0.0526. The fourth-order valence-corrected chi connectivity index (χ4v) is 5.57. The Morgan fingerprint density at radius 2 is 1.35 bits per heavy atom. The van der Waals surface area contributed by atoms with Gasteiger partial charge in [-0.3, -0.25) is 9.55 Å². The molecule has 0 aliphatic carbocycles. The summed E-state index contributed by atoms with van der Waals surface area (Å²) in [7, 11) is 0. The number of nitrogens with zero attached hydrogens (tertiary/aromatic N) is 3. The van der Waals surface area contributed by atoms with Gasteiger partial charge in [-0.15, -0.1) is 29.8 Å². The van der Waals surface area contributed by atoms with Gasteiger partial charge in [0.25, 0.3) is 0 Å². The number of hydrogen-bond donors (Lipinski definition) is 1. The first kappa shape index (κ1) is 28.3. The van der Waals surface area contributed by atoms with Crippen LogP contribution in [0.3, 0.4) is 0 Å². The summed E-state index contributed by atoms with van der Waals surface area (Å²) in [6.45, 7) is 2.22. The molecule has 7 aromatic rings. The summed E-state index contributed by atoms with van der Waals surface area (Å²) in [6, 6.07) is 48.2. The van der Waals surface area contributed by atoms with Crippen LogP contribution < -0.4 is 0 Å². The first-order chi connectivity index (χ1) is 20.7. The van der Waals surface area contributed by atoms with Crippen LogP contribution in [0, 0.1) is 6.07 Å². The molecule has 0 spiro atoms. The van der Waals surface area contributed by atoms with Crippen molar-refractivity contribution in [1.82, 2.24) is 14.5 Å². The summed E-state index contributed by atoms with van der Waals surface area (Å²) in [4.78, 5) is 9.85. The van der Waals surface area contributed by atoms with Crippen LogP contribution in [-0.4, -0.2) is 19.6 Å². The van der Waals surface area contributed by atoms with Crippen LogP contribution >= 0.6 is 0 Å². The molecule has 5 aromatic carbocycles. The van der Waals surface area contributed by atoms with Crippen LogP contribution in [0.15, 0.2) is 140 Å². The molecule has 5 heteroatoms. The van der Waals surface area contributed by atoms with Crippen molar-refractivity contribution < 1.29 is 26.2 Å². The van der Waals surface area contributed by atoms with E-state index in [-0.39, 0.29) is 32.7 Å². The molecule has 0 aliphatic rings. The number of para-hydroxylation sites is 3. The molecule has 1 N–H and O–H groups in total. The van der Waals surface area contributed by atoms with E-state index in [4.69, 9.17) is 9.97 Å². The van der Waals surface area contributed by atoms with Gasteiger partial charge < -0.3 is 5.11 Å². The third kappa shape index (κ3) is 5.42. The van der Waals surface area contributed by atoms with E-state index in [9.17, 15) is 5.11 Å². The van der Waals surface area contributed by atoms with Crippen molar-refractivity contribution in [2.24, 2.45) is 0 Å². The van der Waals surface area contributed by atoms with E-state index in [1.54, 1.807) is 6.07 Å². The van der Waals surface area contributed by atoms with Crippen LogP contribution in [0.4, 0.5) is 0 Å². The topological polar surface area (TPSA) is 50.9 Å². The normalized spacial score (nSPS) is 11.7. The third-order valence-corrected chi connectivity index (χ3v) is 7.79. The molecule has 0 amide bonds. The van der Waals surface area contributed by atoms with Gasteiger partial charge in [-0.1, -0.05) is 96.9 Å². The van der Waals surface area contributed by atoms with Gasteiger partial charge in [-0.05, 0) is 47.5 Å². The van der Waals surface area contributed by atoms with Crippen molar-refractivity contribution in [2.75, 3.05) is 0 Å². The molecule has 7 rings (SSSR count). The molecule has 2 heterocycles. The minimum Gasteiger partial charge on any atom is -0.507 e. The van der Waals surface area contributed by atoms with Gasteiger partial charge in [0.05, 0.1) is 16.6 Å². The van der Waals surface area contributed by atoms with Crippen LogP contribution in [0.25, 0.3) is 50.5 Å². The first-order valence-electron chi connectivity index (χ1n) is 14.1. The number of phenolic OH excluding ortho intramolecular Hbond substituents is 1. The van der Waals surface area contributed by atoms with Gasteiger partial charge in [0.2, 0.25) is 0 Å². The van der Waals surface area contributed by atoms with Crippen LogP contribution in [0.1, 0.15) is 24.0 Å². The molecule has 0 bridgehead atoms. The minimum absolute atomic E-state index is 0. The van der Waals surface area contributed by atoms with Gasteiger partial charge in [0, 0.05) is 44.6 Å². The van der Waals surface area contributed by atoms with Crippen molar-refractivity contribution in [3.05, 3.63) is 157 Å². The summed E-state index contributed by atoms with van der Waals surface area (Å²) >= 11 is 0. The van der Waals surface area contributed by atoms with Crippen molar-refractivity contribution in [1.29, 1.82) is 0 Å². The number of aromatic hydroxyl groups is 1. The van der Waals surface area contributed by atoms with Crippen LogP contribution in [0.2, 0.25) is 0 Å². The van der Waals surface area contributed by atoms with E-state index in [0.29, 0.717) is 11.4 Å². The second-order valence-electron chi connectivity index (χ2n) is 10.4. The maximum Gasteiger partial charge on any atom is 0.148 e. The number of pyridine rings is 1. The Balaban J connectivity index is 0.00000329. The number of phenols is 1. The van der Waals surface area contributed by atoms with Gasteiger partial charge in [-0.25, -0.2) is 4.98 Å². The number of fused-ring (bicyclic) bond motifs is 1. The molecule has 212 valence electrons. The standard InChI is InChI=1S/C38H28N3O.Pt/c1-26(27-12-4-2-5-13-27)28-22-23-39-34(25-28)30-15-10-14-29(24-30)32-19-11-20-35-37(32)40-38(33-18-8-9-21-36(33)42)41(35)31-16-6-3-7-17-31;/h2-23,25-26,42H,1H3;/q-1;. The maximum absolute atomic E-state index is 10.8. The predicted molar refractivity (Wildman–Crippen MR) is 170 cm³/mol. The smallest absolute Gasteiger partial charge is 0.148 e. The van der Waals surface area contributed by atoms with Gasteiger partial charge in [0.1, 0.15) is 11.6 Å². The Morgan fingerprint density at radius 3 is 2.14 bits per heavy atom. The van der Waals surface area contributed by atoms with Crippen molar-refractivity contribution in [2.45, 2.75) is 12.8 Å². The SMILES string of the molecule is CC(c1ccccc1)c1ccnc(-c2[c-]c(-c3cccc4c3nc(-c3ccccc3O)n4-c3ccccc3)ccc2)c1.[Pt]. The first-order valence-corrected chi connectivity index (χ1v) is 14.1. The molecule has 0 saturated carbocycles. The summed E-state index contributed by atoms with van der Waals surface area (Å²) in [5.74, 6) is 1.12. The zero-order valence-electron chi connectivity index (χ0n) is 23.5. The molecule has 0 radical (unpaired) electrons. The summed E-state index contributed by atoms with van der Waals surface area (Å²) < 4.78 is 2.10. The Labute approximate surface area is 265 Å². The van der Waals surface area contributed by atoms with Crippen LogP contribution in [-0.2, 0) is 21.1 Å². The molecular weight excluding hydrogens is 710 g/mol. The van der Waals surface area contributed by atoms with Gasteiger partial charge in [-0.2, -0.15) is 0 Å². The number of hydrogen-bond acceptors (Lipinski definition) is 3. The zero-order valence-corrected chi connectivity index (χ0v) is 25.7. The molecule has 0 saturated heterocycles. The molecule has 4 nitrogen and oxygen atoms in total. The van der Waals surface area contributed by atoms with E-state index in [2.05, 4.69) is 90.4 Å². The molecule has 43 heavy (non-hydrogen) atoms. The quantitative estimate of drug-likeness (QED) is 0.173. The zero-order chi connectivity index (χ0) is 28.5. The number of imidazole rings is 1. The predicted octanol–water partition coefficient (Wildman–Crippen LogP) is 9.08. The largest absolute Gasteiger partial charge is 0.507 e. The monoisotopic (exact) mass is 737 g/mol. The minimum atomic E-state index is 0. The Kier molecular flexibility index (Phi) is 8.05. The average Bonchev–Trinajstić information content (AvgIpc) is 3.45. The second kappa shape index (κ2) is 12.2. The second-order valence-corrected chi connectivity index (χ2v) is 10.4. The Bertz CT molecular complexity index is 2020. The van der Waals surface area contributed by atoms with E-state index in [1.165, 1.54) is 11.1 Å². The maximum atomic E-state index is 10.8.